The largest absolute Gasteiger partial charge is 0.386 e. The number of cyclic esters (lactones) is 2. The van der Waals surface area contributed by atoms with Crippen molar-refractivity contribution in [2.75, 3.05) is 0 Å². The summed E-state index contributed by atoms with van der Waals surface area (Å²) in [7, 11) is 0. The summed E-state index contributed by atoms with van der Waals surface area (Å²) in [4.78, 5) is 22.1. The van der Waals surface area contributed by atoms with Gasteiger partial charge >= 0.3 is 11.9 Å². The van der Waals surface area contributed by atoms with Crippen LogP contribution in [0.1, 0.15) is 52.5 Å². The predicted molar refractivity (Wildman–Crippen MR) is 59.4 cm³/mol. The van der Waals surface area contributed by atoms with Crippen LogP contribution in [0.25, 0.3) is 0 Å². The van der Waals surface area contributed by atoms with Gasteiger partial charge in [-0.25, -0.2) is 9.59 Å². The number of carbonyl (C=O) groups excluding carboxylic acids is 2. The van der Waals surface area contributed by atoms with Crippen molar-refractivity contribution >= 4 is 11.9 Å². The Hall–Kier alpha value is -1.64. The van der Waals surface area contributed by atoms with Gasteiger partial charge in [0.05, 0.1) is 11.1 Å². The Kier molecular flexibility index (Phi) is 3.04. The molecule has 0 aromatic heterocycles. The lowest BCUT2D eigenvalue weighted by atomic mass is 10.0. The fourth-order valence-electron chi connectivity index (χ4n) is 1.35. The summed E-state index contributed by atoms with van der Waals surface area (Å²) in [5.41, 5.74) is 1.80. The van der Waals surface area contributed by atoms with E-state index in [9.17, 15) is 9.59 Å². The molecule has 0 saturated heterocycles. The number of rotatable bonds is 1. The maximum atomic E-state index is 11.1. The zero-order valence-corrected chi connectivity index (χ0v) is 9.29. The monoisotopic (exact) mass is 218 g/mol. The van der Waals surface area contributed by atoms with Crippen molar-refractivity contribution in [3.63, 3.8) is 0 Å². The van der Waals surface area contributed by atoms with Crippen LogP contribution in [0, 0.1) is 0 Å². The van der Waals surface area contributed by atoms with Gasteiger partial charge in [-0.3, -0.25) is 0 Å². The molecule has 0 unspecified atom stereocenters. The van der Waals surface area contributed by atoms with Gasteiger partial charge in [-0.15, -0.1) is 0 Å². The van der Waals surface area contributed by atoms with Crippen molar-refractivity contribution < 1.29 is 14.3 Å². The smallest absolute Gasteiger partial charge is 0.346 e. The number of hydrogen-bond donors (Lipinski definition) is 0. The molecule has 0 N–H and O–H groups in total. The molecular formula is C13H14O3. The standard InChI is InChI=1S/C10H8O3.C3H6/c1-2-6-3-4-7-8(5-6)10(12)13-9(7)11;1-2-3-1/h3-5H,2H2,1H3;1-3H2. The third kappa shape index (κ3) is 2.30. The minimum atomic E-state index is -0.539. The highest BCUT2D eigenvalue weighted by molar-refractivity contribution is 6.14. The fraction of sp³-hybridized carbons (Fsp3) is 0.385. The molecule has 0 bridgehead atoms. The first-order chi connectivity index (χ1) is 7.72. The number of ether oxygens (including phenoxy) is 1. The third-order valence-corrected chi connectivity index (χ3v) is 2.47. The molecule has 3 heteroatoms. The van der Waals surface area contributed by atoms with Gasteiger partial charge in [0, 0.05) is 0 Å². The van der Waals surface area contributed by atoms with E-state index >= 15 is 0 Å². The topological polar surface area (TPSA) is 43.4 Å². The minimum Gasteiger partial charge on any atom is -0.386 e. The first-order valence-corrected chi connectivity index (χ1v) is 5.62. The van der Waals surface area contributed by atoms with Crippen LogP contribution in [-0.2, 0) is 11.2 Å². The molecule has 84 valence electrons. The van der Waals surface area contributed by atoms with E-state index in [1.807, 2.05) is 13.0 Å². The van der Waals surface area contributed by atoms with Crippen LogP contribution >= 0.6 is 0 Å². The van der Waals surface area contributed by atoms with Gasteiger partial charge < -0.3 is 4.74 Å². The molecule has 1 saturated carbocycles. The highest BCUT2D eigenvalue weighted by atomic mass is 16.6. The molecule has 1 heterocycles. The second-order valence-electron chi connectivity index (χ2n) is 3.97. The maximum absolute atomic E-state index is 11.1. The lowest BCUT2D eigenvalue weighted by Gasteiger charge is -1.96. The molecule has 0 radical (unpaired) electrons. The Labute approximate surface area is 94.4 Å². The molecule has 1 aromatic rings. The van der Waals surface area contributed by atoms with Crippen LogP contribution in [0.15, 0.2) is 18.2 Å². The molecule has 3 rings (SSSR count). The quantitative estimate of drug-likeness (QED) is 0.537. The first-order valence-electron chi connectivity index (χ1n) is 5.62. The molecule has 1 aliphatic heterocycles. The van der Waals surface area contributed by atoms with Crippen molar-refractivity contribution in [1.29, 1.82) is 0 Å². The maximum Gasteiger partial charge on any atom is 0.346 e. The van der Waals surface area contributed by atoms with Crippen LogP contribution in [-0.4, -0.2) is 11.9 Å². The zero-order chi connectivity index (χ0) is 11.5. The third-order valence-electron chi connectivity index (χ3n) is 2.47. The lowest BCUT2D eigenvalue weighted by molar-refractivity contribution is 0.0444. The van der Waals surface area contributed by atoms with Gasteiger partial charge in [-0.05, 0) is 24.1 Å². The Morgan fingerprint density at radius 3 is 2.25 bits per heavy atom. The van der Waals surface area contributed by atoms with Crippen molar-refractivity contribution in [3.8, 4) is 0 Å². The summed E-state index contributed by atoms with van der Waals surface area (Å²) in [6.45, 7) is 1.99. The first kappa shape index (κ1) is 10.9. The molecule has 1 aliphatic carbocycles. The number of fused-ring (bicyclic) bond motifs is 1. The van der Waals surface area contributed by atoms with Crippen LogP contribution in [0.3, 0.4) is 0 Å². The minimum absolute atomic E-state index is 0.377. The summed E-state index contributed by atoms with van der Waals surface area (Å²) in [6, 6.07) is 5.18. The second kappa shape index (κ2) is 4.47. The van der Waals surface area contributed by atoms with Crippen LogP contribution in [0.5, 0.6) is 0 Å². The fourth-order valence-corrected chi connectivity index (χ4v) is 1.35. The molecule has 16 heavy (non-hydrogen) atoms. The van der Waals surface area contributed by atoms with E-state index in [4.69, 9.17) is 0 Å². The summed E-state index contributed by atoms with van der Waals surface area (Å²) >= 11 is 0. The van der Waals surface area contributed by atoms with Gasteiger partial charge in [0.1, 0.15) is 0 Å². The molecule has 1 aromatic carbocycles. The van der Waals surface area contributed by atoms with E-state index in [0.717, 1.165) is 12.0 Å². The molecule has 0 atom stereocenters. The van der Waals surface area contributed by atoms with Gasteiger partial charge in [-0.1, -0.05) is 32.3 Å². The predicted octanol–water partition coefficient (Wildman–Crippen LogP) is 2.73. The van der Waals surface area contributed by atoms with Crippen molar-refractivity contribution in [3.05, 3.63) is 34.9 Å². The van der Waals surface area contributed by atoms with E-state index in [-0.39, 0.29) is 0 Å². The average Bonchev–Trinajstić information content (AvgIpc) is 3.13. The van der Waals surface area contributed by atoms with Crippen LogP contribution in [0.2, 0.25) is 0 Å². The van der Waals surface area contributed by atoms with E-state index in [1.54, 1.807) is 12.1 Å². The summed E-state index contributed by atoms with van der Waals surface area (Å²) < 4.78 is 4.45. The van der Waals surface area contributed by atoms with E-state index in [1.165, 1.54) is 19.3 Å². The Balaban J connectivity index is 0.000000278. The molecule has 0 spiro atoms. The molecule has 2 aliphatic rings. The normalized spacial score (nSPS) is 16.1. The highest BCUT2D eigenvalue weighted by Crippen LogP contribution is 2.21. The number of aryl methyl sites for hydroxylation is 1. The van der Waals surface area contributed by atoms with Gasteiger partial charge in [0.15, 0.2) is 0 Å². The van der Waals surface area contributed by atoms with E-state index < -0.39 is 11.9 Å². The summed E-state index contributed by atoms with van der Waals surface area (Å²) in [6.07, 6.45) is 5.34. The van der Waals surface area contributed by atoms with Crippen molar-refractivity contribution in [1.82, 2.24) is 0 Å². The Morgan fingerprint density at radius 1 is 1.06 bits per heavy atom. The number of esters is 2. The molecule has 3 nitrogen and oxygen atoms in total. The van der Waals surface area contributed by atoms with Crippen LogP contribution < -0.4 is 0 Å². The molecular weight excluding hydrogens is 204 g/mol. The van der Waals surface area contributed by atoms with E-state index in [0.29, 0.717) is 11.1 Å². The number of carbonyl (C=O) groups is 2. The van der Waals surface area contributed by atoms with Gasteiger partial charge in [0.25, 0.3) is 0 Å². The Morgan fingerprint density at radius 2 is 1.69 bits per heavy atom. The number of benzene rings is 1. The number of hydrogen-bond acceptors (Lipinski definition) is 3. The average molecular weight is 218 g/mol. The van der Waals surface area contributed by atoms with E-state index in [2.05, 4.69) is 4.74 Å². The SMILES string of the molecule is C1CC1.CCc1ccc2c(c1)C(=O)OC2=O. The van der Waals surface area contributed by atoms with Gasteiger partial charge in [0.2, 0.25) is 0 Å². The van der Waals surface area contributed by atoms with Gasteiger partial charge in [-0.2, -0.15) is 0 Å². The molecule has 0 amide bonds. The second-order valence-corrected chi connectivity index (χ2v) is 3.97. The van der Waals surface area contributed by atoms with Crippen molar-refractivity contribution in [2.45, 2.75) is 32.6 Å². The lowest BCUT2D eigenvalue weighted by Crippen LogP contribution is -1.96. The summed E-state index contributed by atoms with van der Waals surface area (Å²) in [5.74, 6) is -1.07. The highest BCUT2D eigenvalue weighted by Gasteiger charge is 2.29. The van der Waals surface area contributed by atoms with Crippen molar-refractivity contribution in [2.24, 2.45) is 0 Å². The van der Waals surface area contributed by atoms with Crippen LogP contribution in [0.4, 0.5) is 0 Å². The summed E-state index contributed by atoms with van der Waals surface area (Å²) in [5, 5.41) is 0. The molecule has 1 fully saturated rings. The zero-order valence-electron chi connectivity index (χ0n) is 9.29. The Bertz CT molecular complexity index is 430.